The Bertz CT molecular complexity index is 896. The van der Waals surface area contributed by atoms with Crippen molar-refractivity contribution >= 4 is 34.4 Å². The molecule has 4 N–H and O–H groups in total. The van der Waals surface area contributed by atoms with Crippen molar-refractivity contribution in [2.24, 2.45) is 16.5 Å². The van der Waals surface area contributed by atoms with Gasteiger partial charge in [-0.1, -0.05) is 41.9 Å². The van der Waals surface area contributed by atoms with Crippen LogP contribution in [0.2, 0.25) is 5.02 Å². The Balaban J connectivity index is 2.15. The summed E-state index contributed by atoms with van der Waals surface area (Å²) >= 11 is 6.04. The van der Waals surface area contributed by atoms with E-state index < -0.39 is 5.91 Å². The van der Waals surface area contributed by atoms with Crippen LogP contribution in [0.3, 0.4) is 0 Å². The van der Waals surface area contributed by atoms with Crippen molar-refractivity contribution in [1.82, 2.24) is 4.57 Å². The number of guanidine groups is 1. The van der Waals surface area contributed by atoms with E-state index in [-0.39, 0.29) is 5.96 Å². The first-order chi connectivity index (χ1) is 11.0. The van der Waals surface area contributed by atoms with Gasteiger partial charge < -0.3 is 16.0 Å². The predicted octanol–water partition coefficient (Wildman–Crippen LogP) is 2.76. The average Bonchev–Trinajstić information content (AvgIpc) is 2.85. The van der Waals surface area contributed by atoms with Gasteiger partial charge in [0.15, 0.2) is 5.96 Å². The molecule has 3 aromatic rings. The number of aromatic nitrogens is 1. The average molecular weight is 327 g/mol. The summed E-state index contributed by atoms with van der Waals surface area (Å²) < 4.78 is 1.88. The third kappa shape index (κ3) is 3.19. The molecular weight excluding hydrogens is 312 g/mol. The second-order valence-corrected chi connectivity index (χ2v) is 5.58. The van der Waals surface area contributed by atoms with Gasteiger partial charge in [-0.2, -0.15) is 4.99 Å². The van der Waals surface area contributed by atoms with E-state index in [1.165, 1.54) is 0 Å². The summed E-state index contributed by atoms with van der Waals surface area (Å²) in [5, 5.41) is 1.47. The summed E-state index contributed by atoms with van der Waals surface area (Å²) in [7, 11) is 0. The Kier molecular flexibility index (Phi) is 4.04. The third-order valence-electron chi connectivity index (χ3n) is 3.50. The van der Waals surface area contributed by atoms with E-state index in [0.29, 0.717) is 17.3 Å². The minimum Gasteiger partial charge on any atom is -0.370 e. The maximum absolute atomic E-state index is 12.3. The zero-order chi connectivity index (χ0) is 16.4. The fourth-order valence-corrected chi connectivity index (χ4v) is 2.71. The molecule has 0 aliphatic heterocycles. The van der Waals surface area contributed by atoms with Gasteiger partial charge in [0.25, 0.3) is 5.91 Å². The fourth-order valence-electron chi connectivity index (χ4n) is 2.53. The normalized spacial score (nSPS) is 10.7. The summed E-state index contributed by atoms with van der Waals surface area (Å²) in [5.41, 5.74) is 13.0. The van der Waals surface area contributed by atoms with Gasteiger partial charge >= 0.3 is 0 Å². The molecular formula is C17H15ClN4O. The molecule has 0 spiro atoms. The van der Waals surface area contributed by atoms with Crippen LogP contribution in [0.15, 0.2) is 59.6 Å². The van der Waals surface area contributed by atoms with Crippen LogP contribution in [-0.2, 0) is 6.54 Å². The predicted molar refractivity (Wildman–Crippen MR) is 92.6 cm³/mol. The number of nitrogens with two attached hydrogens (primary N) is 2. The van der Waals surface area contributed by atoms with Crippen LogP contribution in [0.4, 0.5) is 0 Å². The molecule has 0 aliphatic rings. The molecule has 3 rings (SSSR count). The number of carbonyl (C=O) groups excluding carboxylic acids is 1. The summed E-state index contributed by atoms with van der Waals surface area (Å²) in [6, 6.07) is 17.1. The Morgan fingerprint density at radius 1 is 1.09 bits per heavy atom. The molecule has 2 aromatic carbocycles. The third-order valence-corrected chi connectivity index (χ3v) is 3.73. The van der Waals surface area contributed by atoms with Crippen molar-refractivity contribution in [3.05, 3.63) is 70.9 Å². The number of benzene rings is 2. The first kappa shape index (κ1) is 15.1. The molecule has 1 amide bonds. The Hall–Kier alpha value is -2.79. The molecule has 1 aromatic heterocycles. The van der Waals surface area contributed by atoms with Crippen LogP contribution in [0, 0.1) is 0 Å². The van der Waals surface area contributed by atoms with Gasteiger partial charge in [-0.3, -0.25) is 4.79 Å². The molecule has 0 unspecified atom stereocenters. The molecule has 5 nitrogen and oxygen atoms in total. The minimum atomic E-state index is -0.478. The first-order valence-electron chi connectivity index (χ1n) is 7.01. The summed E-state index contributed by atoms with van der Waals surface area (Å²) in [6.45, 7) is 0.535. The fraction of sp³-hybridized carbons (Fsp3) is 0.0588. The van der Waals surface area contributed by atoms with Crippen LogP contribution in [0.1, 0.15) is 16.1 Å². The standard InChI is InChI=1S/C17H15ClN4O/c18-13-6-7-14-12(8-13)9-15(16(23)21-17(19)20)22(14)10-11-4-2-1-3-5-11/h1-9H,10H2,(H4,19,20,21,23). The highest BCUT2D eigenvalue weighted by Gasteiger charge is 2.16. The van der Waals surface area contributed by atoms with Crippen molar-refractivity contribution in [2.75, 3.05) is 0 Å². The first-order valence-corrected chi connectivity index (χ1v) is 7.39. The number of aliphatic imine (C=N–C) groups is 1. The van der Waals surface area contributed by atoms with E-state index in [1.54, 1.807) is 12.1 Å². The lowest BCUT2D eigenvalue weighted by Gasteiger charge is -2.09. The van der Waals surface area contributed by atoms with Gasteiger partial charge in [-0.05, 0) is 29.8 Å². The van der Waals surface area contributed by atoms with Crippen molar-refractivity contribution in [1.29, 1.82) is 0 Å². The van der Waals surface area contributed by atoms with E-state index >= 15 is 0 Å². The highest BCUT2D eigenvalue weighted by atomic mass is 35.5. The second-order valence-electron chi connectivity index (χ2n) is 5.15. The number of rotatable bonds is 3. The molecule has 6 heteroatoms. The number of hydrogen-bond acceptors (Lipinski definition) is 1. The molecule has 0 atom stereocenters. The number of fused-ring (bicyclic) bond motifs is 1. The van der Waals surface area contributed by atoms with E-state index in [0.717, 1.165) is 16.5 Å². The lowest BCUT2D eigenvalue weighted by atomic mass is 10.2. The summed E-state index contributed by atoms with van der Waals surface area (Å²) in [5.74, 6) is -0.738. The zero-order valence-corrected chi connectivity index (χ0v) is 13.0. The van der Waals surface area contributed by atoms with Crippen molar-refractivity contribution in [2.45, 2.75) is 6.54 Å². The number of hydrogen-bond donors (Lipinski definition) is 2. The smallest absolute Gasteiger partial charge is 0.296 e. The number of nitrogens with zero attached hydrogens (tertiary/aromatic N) is 2. The lowest BCUT2D eigenvalue weighted by Crippen LogP contribution is -2.24. The molecule has 0 radical (unpaired) electrons. The van der Waals surface area contributed by atoms with Crippen LogP contribution in [0.25, 0.3) is 10.9 Å². The van der Waals surface area contributed by atoms with Gasteiger partial charge in [0, 0.05) is 22.5 Å². The van der Waals surface area contributed by atoms with E-state index in [1.807, 2.05) is 47.0 Å². The van der Waals surface area contributed by atoms with Gasteiger partial charge in [-0.25, -0.2) is 0 Å². The Morgan fingerprint density at radius 2 is 1.83 bits per heavy atom. The van der Waals surface area contributed by atoms with Crippen molar-refractivity contribution in [3.63, 3.8) is 0 Å². The summed E-state index contributed by atoms with van der Waals surface area (Å²) in [4.78, 5) is 16.0. The largest absolute Gasteiger partial charge is 0.370 e. The van der Waals surface area contributed by atoms with Gasteiger partial charge in [0.05, 0.1) is 0 Å². The topological polar surface area (TPSA) is 86.4 Å². The van der Waals surface area contributed by atoms with Crippen LogP contribution in [-0.4, -0.2) is 16.4 Å². The molecule has 0 aliphatic carbocycles. The highest BCUT2D eigenvalue weighted by Crippen LogP contribution is 2.25. The lowest BCUT2D eigenvalue weighted by molar-refractivity contribution is 0.0995. The second kappa shape index (κ2) is 6.14. The quantitative estimate of drug-likeness (QED) is 0.573. The molecule has 116 valence electrons. The van der Waals surface area contributed by atoms with Crippen LogP contribution in [0.5, 0.6) is 0 Å². The van der Waals surface area contributed by atoms with Gasteiger partial charge in [0.2, 0.25) is 0 Å². The number of carbonyl (C=O) groups is 1. The summed E-state index contributed by atoms with van der Waals surface area (Å²) in [6.07, 6.45) is 0. The highest BCUT2D eigenvalue weighted by molar-refractivity contribution is 6.31. The van der Waals surface area contributed by atoms with Gasteiger partial charge in [-0.15, -0.1) is 0 Å². The van der Waals surface area contributed by atoms with Crippen LogP contribution >= 0.6 is 11.6 Å². The molecule has 23 heavy (non-hydrogen) atoms. The van der Waals surface area contributed by atoms with Crippen molar-refractivity contribution in [3.8, 4) is 0 Å². The van der Waals surface area contributed by atoms with E-state index in [2.05, 4.69) is 4.99 Å². The van der Waals surface area contributed by atoms with Gasteiger partial charge in [0.1, 0.15) is 5.69 Å². The molecule has 0 saturated carbocycles. The minimum absolute atomic E-state index is 0.260. The maximum Gasteiger partial charge on any atom is 0.296 e. The number of amides is 1. The monoisotopic (exact) mass is 326 g/mol. The Morgan fingerprint density at radius 3 is 2.52 bits per heavy atom. The molecule has 1 heterocycles. The molecule has 0 bridgehead atoms. The molecule has 0 fully saturated rings. The molecule has 0 saturated heterocycles. The SMILES string of the molecule is NC(N)=NC(=O)c1cc2cc(Cl)ccc2n1Cc1ccccc1. The Labute approximate surface area is 138 Å². The van der Waals surface area contributed by atoms with E-state index in [9.17, 15) is 4.79 Å². The zero-order valence-electron chi connectivity index (χ0n) is 12.2. The number of halogens is 1. The van der Waals surface area contributed by atoms with Crippen molar-refractivity contribution < 1.29 is 4.79 Å². The maximum atomic E-state index is 12.3. The van der Waals surface area contributed by atoms with Crippen LogP contribution < -0.4 is 11.5 Å². The van der Waals surface area contributed by atoms with E-state index in [4.69, 9.17) is 23.1 Å².